The largest absolute Gasteiger partial charge is 0.324 e. The van der Waals surface area contributed by atoms with Crippen molar-refractivity contribution in [1.82, 2.24) is 4.98 Å². The number of nitrogens with two attached hydrogens (primary N) is 1. The first-order chi connectivity index (χ1) is 5.27. The normalized spacial score (nSPS) is 21.8. The molecule has 58 valence electrons. The molecule has 0 radical (unpaired) electrons. The van der Waals surface area contributed by atoms with Crippen LogP contribution in [0.3, 0.4) is 0 Å². The standard InChI is InChI=1S/C9H12N2/c1-6-2-3-7-8(10)4-5-9(7)11-6/h2-3,8H,4-5,10H2,1H3. The zero-order chi connectivity index (χ0) is 7.84. The highest BCUT2D eigenvalue weighted by Crippen LogP contribution is 2.27. The first kappa shape index (κ1) is 6.80. The molecule has 1 heterocycles. The molecule has 0 aliphatic heterocycles. The maximum absolute atomic E-state index is 5.86. The minimum absolute atomic E-state index is 0.234. The van der Waals surface area contributed by atoms with E-state index in [0.717, 1.165) is 18.5 Å². The summed E-state index contributed by atoms with van der Waals surface area (Å²) in [6.07, 6.45) is 2.12. The lowest BCUT2D eigenvalue weighted by Crippen LogP contribution is -2.05. The van der Waals surface area contributed by atoms with E-state index in [1.54, 1.807) is 0 Å². The van der Waals surface area contributed by atoms with Gasteiger partial charge in [0.05, 0.1) is 0 Å². The zero-order valence-electron chi connectivity index (χ0n) is 6.67. The monoisotopic (exact) mass is 148 g/mol. The van der Waals surface area contributed by atoms with Crippen LogP contribution in [0.25, 0.3) is 0 Å². The summed E-state index contributed by atoms with van der Waals surface area (Å²) in [6, 6.07) is 4.37. The number of aryl methyl sites for hydroxylation is 2. The van der Waals surface area contributed by atoms with E-state index in [9.17, 15) is 0 Å². The number of hydrogen-bond donors (Lipinski definition) is 1. The Bertz CT molecular complexity index is 281. The van der Waals surface area contributed by atoms with Gasteiger partial charge in [-0.2, -0.15) is 0 Å². The Balaban J connectivity index is 2.50. The fourth-order valence-corrected chi connectivity index (χ4v) is 1.61. The third kappa shape index (κ3) is 1.03. The van der Waals surface area contributed by atoms with Gasteiger partial charge in [0, 0.05) is 17.4 Å². The van der Waals surface area contributed by atoms with Crippen LogP contribution in [0.4, 0.5) is 0 Å². The molecular formula is C9H12N2. The summed E-state index contributed by atoms with van der Waals surface area (Å²) in [6.45, 7) is 2.02. The fraction of sp³-hybridized carbons (Fsp3) is 0.444. The Morgan fingerprint density at radius 2 is 2.36 bits per heavy atom. The number of hydrogen-bond acceptors (Lipinski definition) is 2. The Labute approximate surface area is 66.4 Å². The third-order valence-corrected chi connectivity index (χ3v) is 2.24. The first-order valence-corrected chi connectivity index (χ1v) is 3.99. The van der Waals surface area contributed by atoms with Crippen LogP contribution in [0.5, 0.6) is 0 Å². The number of rotatable bonds is 0. The molecule has 1 aromatic rings. The van der Waals surface area contributed by atoms with Crippen molar-refractivity contribution in [2.75, 3.05) is 0 Å². The number of fused-ring (bicyclic) bond motifs is 1. The molecule has 2 heteroatoms. The van der Waals surface area contributed by atoms with Gasteiger partial charge >= 0.3 is 0 Å². The van der Waals surface area contributed by atoms with E-state index in [2.05, 4.69) is 11.1 Å². The van der Waals surface area contributed by atoms with Crippen molar-refractivity contribution in [2.45, 2.75) is 25.8 Å². The molecular weight excluding hydrogens is 136 g/mol. The van der Waals surface area contributed by atoms with Crippen molar-refractivity contribution >= 4 is 0 Å². The molecule has 0 spiro atoms. The minimum atomic E-state index is 0.234. The van der Waals surface area contributed by atoms with Crippen molar-refractivity contribution in [2.24, 2.45) is 5.73 Å². The van der Waals surface area contributed by atoms with Crippen molar-refractivity contribution in [3.05, 3.63) is 29.1 Å². The van der Waals surface area contributed by atoms with Gasteiger partial charge in [-0.3, -0.25) is 4.98 Å². The molecule has 1 aromatic heterocycles. The highest BCUT2D eigenvalue weighted by molar-refractivity contribution is 5.29. The highest BCUT2D eigenvalue weighted by Gasteiger charge is 2.19. The molecule has 0 aromatic carbocycles. The smallest absolute Gasteiger partial charge is 0.0455 e. The average Bonchev–Trinajstić information content (AvgIpc) is 2.32. The van der Waals surface area contributed by atoms with Crippen LogP contribution in [0.2, 0.25) is 0 Å². The van der Waals surface area contributed by atoms with Crippen molar-refractivity contribution in [3.8, 4) is 0 Å². The predicted octanol–water partition coefficient (Wildman–Crippen LogP) is 1.34. The van der Waals surface area contributed by atoms with E-state index in [1.807, 2.05) is 13.0 Å². The topological polar surface area (TPSA) is 38.9 Å². The summed E-state index contributed by atoms with van der Waals surface area (Å²) in [4.78, 5) is 4.42. The molecule has 1 unspecified atom stereocenters. The van der Waals surface area contributed by atoms with Crippen molar-refractivity contribution < 1.29 is 0 Å². The van der Waals surface area contributed by atoms with E-state index in [4.69, 9.17) is 5.73 Å². The van der Waals surface area contributed by atoms with Crippen LogP contribution in [0.1, 0.15) is 29.4 Å². The summed E-state index contributed by atoms with van der Waals surface area (Å²) >= 11 is 0. The molecule has 0 saturated carbocycles. The molecule has 1 atom stereocenters. The number of pyridine rings is 1. The van der Waals surface area contributed by atoms with Gasteiger partial charge < -0.3 is 5.73 Å². The lowest BCUT2D eigenvalue weighted by molar-refractivity contribution is 0.712. The summed E-state index contributed by atoms with van der Waals surface area (Å²) in [5.41, 5.74) is 9.40. The van der Waals surface area contributed by atoms with Gasteiger partial charge in [0.25, 0.3) is 0 Å². The third-order valence-electron chi connectivity index (χ3n) is 2.24. The molecule has 1 aliphatic carbocycles. The second kappa shape index (κ2) is 2.31. The van der Waals surface area contributed by atoms with Gasteiger partial charge in [0.15, 0.2) is 0 Å². The van der Waals surface area contributed by atoms with Gasteiger partial charge in [0.1, 0.15) is 0 Å². The summed E-state index contributed by atoms with van der Waals surface area (Å²) in [5.74, 6) is 0. The molecule has 0 saturated heterocycles. The maximum Gasteiger partial charge on any atom is 0.0455 e. The van der Waals surface area contributed by atoms with Crippen molar-refractivity contribution in [1.29, 1.82) is 0 Å². The fourth-order valence-electron chi connectivity index (χ4n) is 1.61. The lowest BCUT2D eigenvalue weighted by atomic mass is 10.1. The quantitative estimate of drug-likeness (QED) is 0.603. The molecule has 2 rings (SSSR count). The van der Waals surface area contributed by atoms with Crippen LogP contribution < -0.4 is 5.73 Å². The minimum Gasteiger partial charge on any atom is -0.324 e. The van der Waals surface area contributed by atoms with Crippen LogP contribution in [0, 0.1) is 6.92 Å². The van der Waals surface area contributed by atoms with Crippen LogP contribution >= 0.6 is 0 Å². The highest BCUT2D eigenvalue weighted by atomic mass is 14.8. The Morgan fingerprint density at radius 1 is 1.55 bits per heavy atom. The summed E-state index contributed by atoms with van der Waals surface area (Å²) in [7, 11) is 0. The zero-order valence-corrected chi connectivity index (χ0v) is 6.67. The van der Waals surface area contributed by atoms with E-state index in [1.165, 1.54) is 11.3 Å². The van der Waals surface area contributed by atoms with Gasteiger partial charge in [-0.25, -0.2) is 0 Å². The van der Waals surface area contributed by atoms with Crippen LogP contribution in [0.15, 0.2) is 12.1 Å². The van der Waals surface area contributed by atoms with E-state index < -0.39 is 0 Å². The molecule has 0 amide bonds. The molecule has 2 N–H and O–H groups in total. The van der Waals surface area contributed by atoms with E-state index in [-0.39, 0.29) is 6.04 Å². The number of aromatic nitrogens is 1. The van der Waals surface area contributed by atoms with Gasteiger partial charge in [-0.1, -0.05) is 6.07 Å². The molecule has 0 bridgehead atoms. The van der Waals surface area contributed by atoms with Gasteiger partial charge in [0.2, 0.25) is 0 Å². The molecule has 2 nitrogen and oxygen atoms in total. The summed E-state index contributed by atoms with van der Waals surface area (Å²) in [5, 5.41) is 0. The Hall–Kier alpha value is -0.890. The SMILES string of the molecule is Cc1ccc2c(n1)CCC2N. The predicted molar refractivity (Wildman–Crippen MR) is 44.2 cm³/mol. The second-order valence-electron chi connectivity index (χ2n) is 3.13. The van der Waals surface area contributed by atoms with E-state index in [0.29, 0.717) is 0 Å². The Kier molecular flexibility index (Phi) is 1.43. The van der Waals surface area contributed by atoms with E-state index >= 15 is 0 Å². The lowest BCUT2D eigenvalue weighted by Gasteiger charge is -2.02. The van der Waals surface area contributed by atoms with Crippen LogP contribution in [-0.4, -0.2) is 4.98 Å². The van der Waals surface area contributed by atoms with Gasteiger partial charge in [-0.05, 0) is 31.4 Å². The molecule has 0 fully saturated rings. The summed E-state index contributed by atoms with van der Waals surface area (Å²) < 4.78 is 0. The Morgan fingerprint density at radius 3 is 3.18 bits per heavy atom. The first-order valence-electron chi connectivity index (χ1n) is 3.99. The molecule has 11 heavy (non-hydrogen) atoms. The molecule has 1 aliphatic rings. The van der Waals surface area contributed by atoms with Gasteiger partial charge in [-0.15, -0.1) is 0 Å². The number of nitrogens with zero attached hydrogens (tertiary/aromatic N) is 1. The average molecular weight is 148 g/mol. The van der Waals surface area contributed by atoms with Crippen molar-refractivity contribution in [3.63, 3.8) is 0 Å². The second-order valence-corrected chi connectivity index (χ2v) is 3.13. The maximum atomic E-state index is 5.86. The van der Waals surface area contributed by atoms with Crippen LogP contribution in [-0.2, 0) is 6.42 Å².